The standard InChI is InChI=1S/C6H13N3/c1-6(9(3)4)8-5-7-2/h5H,1-4H3/b7-5-,8-6-. The quantitative estimate of drug-likeness (QED) is 0.375. The third-order valence-electron chi connectivity index (χ3n) is 1.01. The van der Waals surface area contributed by atoms with Crippen LogP contribution in [0.4, 0.5) is 0 Å². The zero-order valence-electron chi connectivity index (χ0n) is 6.42. The SMILES string of the molecule is C/N=C\N=C(\C)N(C)C. The molecule has 0 spiro atoms. The van der Waals surface area contributed by atoms with Gasteiger partial charge in [0.05, 0.1) is 0 Å². The molecule has 0 bridgehead atoms. The van der Waals surface area contributed by atoms with E-state index >= 15 is 0 Å². The smallest absolute Gasteiger partial charge is 0.111 e. The molecule has 0 saturated heterocycles. The molecule has 0 amide bonds. The van der Waals surface area contributed by atoms with Crippen LogP contribution < -0.4 is 0 Å². The molecule has 0 fully saturated rings. The van der Waals surface area contributed by atoms with Gasteiger partial charge in [0, 0.05) is 21.1 Å². The van der Waals surface area contributed by atoms with Crippen LogP contribution >= 0.6 is 0 Å². The largest absolute Gasteiger partial charge is 0.366 e. The molecule has 0 aromatic heterocycles. The second-order valence-electron chi connectivity index (χ2n) is 1.94. The van der Waals surface area contributed by atoms with Gasteiger partial charge in [-0.25, -0.2) is 4.99 Å². The number of hydrogen-bond acceptors (Lipinski definition) is 1. The summed E-state index contributed by atoms with van der Waals surface area (Å²) in [5, 5.41) is 0. The Bertz CT molecular complexity index is 124. The molecule has 0 rings (SSSR count). The second-order valence-corrected chi connectivity index (χ2v) is 1.94. The second kappa shape index (κ2) is 4.06. The van der Waals surface area contributed by atoms with Crippen molar-refractivity contribution in [3.8, 4) is 0 Å². The fraction of sp³-hybridized carbons (Fsp3) is 0.667. The van der Waals surface area contributed by atoms with E-state index < -0.39 is 0 Å². The van der Waals surface area contributed by atoms with Crippen molar-refractivity contribution in [1.82, 2.24) is 4.90 Å². The van der Waals surface area contributed by atoms with Crippen molar-refractivity contribution in [2.75, 3.05) is 21.1 Å². The summed E-state index contributed by atoms with van der Waals surface area (Å²) in [7, 11) is 5.59. The molecule has 0 saturated carbocycles. The van der Waals surface area contributed by atoms with Crippen LogP contribution in [0.2, 0.25) is 0 Å². The van der Waals surface area contributed by atoms with Crippen molar-refractivity contribution in [3.63, 3.8) is 0 Å². The number of rotatable bonds is 1. The molecule has 0 radical (unpaired) electrons. The molecule has 0 aliphatic carbocycles. The first-order chi connectivity index (χ1) is 4.18. The third-order valence-corrected chi connectivity index (χ3v) is 1.01. The molecule has 9 heavy (non-hydrogen) atoms. The van der Waals surface area contributed by atoms with Gasteiger partial charge in [0.15, 0.2) is 0 Å². The lowest BCUT2D eigenvalue weighted by molar-refractivity contribution is 0.620. The summed E-state index contributed by atoms with van der Waals surface area (Å²) in [5.74, 6) is 0.959. The van der Waals surface area contributed by atoms with E-state index in [1.807, 2.05) is 25.9 Å². The summed E-state index contributed by atoms with van der Waals surface area (Å²) in [6.45, 7) is 1.93. The van der Waals surface area contributed by atoms with Crippen LogP contribution in [0.3, 0.4) is 0 Å². The number of hydrogen-bond donors (Lipinski definition) is 0. The lowest BCUT2D eigenvalue weighted by Gasteiger charge is -2.08. The minimum absolute atomic E-state index is 0.959. The van der Waals surface area contributed by atoms with Gasteiger partial charge in [-0.3, -0.25) is 4.99 Å². The topological polar surface area (TPSA) is 28.0 Å². The molecule has 52 valence electrons. The normalized spacial score (nSPS) is 12.7. The molecule has 0 N–H and O–H groups in total. The molecule has 0 heterocycles. The van der Waals surface area contributed by atoms with E-state index in [2.05, 4.69) is 9.98 Å². The predicted molar refractivity (Wildman–Crippen MR) is 41.2 cm³/mol. The number of nitrogens with zero attached hydrogens (tertiary/aromatic N) is 3. The van der Waals surface area contributed by atoms with Crippen molar-refractivity contribution in [3.05, 3.63) is 0 Å². The Morgan fingerprint density at radius 2 is 2.00 bits per heavy atom. The lowest BCUT2D eigenvalue weighted by atomic mass is 10.6. The maximum absolute atomic E-state index is 3.99. The van der Waals surface area contributed by atoms with Crippen molar-refractivity contribution in [1.29, 1.82) is 0 Å². The molecule has 0 unspecified atom stereocenters. The highest BCUT2D eigenvalue weighted by Crippen LogP contribution is 1.78. The van der Waals surface area contributed by atoms with E-state index in [0.717, 1.165) is 5.84 Å². The Morgan fingerprint density at radius 1 is 1.44 bits per heavy atom. The first-order valence-corrected chi connectivity index (χ1v) is 2.81. The first kappa shape index (κ1) is 8.14. The van der Waals surface area contributed by atoms with Crippen molar-refractivity contribution < 1.29 is 0 Å². The van der Waals surface area contributed by atoms with Gasteiger partial charge in [-0.15, -0.1) is 0 Å². The van der Waals surface area contributed by atoms with Gasteiger partial charge in [-0.1, -0.05) is 0 Å². The highest BCUT2D eigenvalue weighted by molar-refractivity contribution is 5.86. The number of amidine groups is 1. The number of aliphatic imine (C=N–C) groups is 2. The van der Waals surface area contributed by atoms with Crippen LogP contribution in [-0.4, -0.2) is 38.2 Å². The summed E-state index contributed by atoms with van der Waals surface area (Å²) in [6, 6.07) is 0. The summed E-state index contributed by atoms with van der Waals surface area (Å²) in [4.78, 5) is 9.64. The van der Waals surface area contributed by atoms with Gasteiger partial charge < -0.3 is 4.90 Å². The van der Waals surface area contributed by atoms with E-state index in [0.29, 0.717) is 0 Å². The fourth-order valence-corrected chi connectivity index (χ4v) is 0.257. The summed E-state index contributed by atoms with van der Waals surface area (Å²) in [6.07, 6.45) is 1.54. The first-order valence-electron chi connectivity index (χ1n) is 2.81. The van der Waals surface area contributed by atoms with Gasteiger partial charge in [0.2, 0.25) is 0 Å². The highest BCUT2D eigenvalue weighted by atomic mass is 15.1. The Balaban J connectivity index is 3.84. The lowest BCUT2D eigenvalue weighted by Crippen LogP contribution is -2.18. The Kier molecular flexibility index (Phi) is 3.67. The molecule has 3 nitrogen and oxygen atoms in total. The van der Waals surface area contributed by atoms with Crippen LogP contribution in [0, 0.1) is 0 Å². The van der Waals surface area contributed by atoms with Crippen molar-refractivity contribution >= 4 is 12.2 Å². The zero-order chi connectivity index (χ0) is 7.28. The van der Waals surface area contributed by atoms with Crippen molar-refractivity contribution in [2.24, 2.45) is 9.98 Å². The molecule has 0 aliphatic rings. The van der Waals surface area contributed by atoms with E-state index in [4.69, 9.17) is 0 Å². The Labute approximate surface area is 56.1 Å². The summed E-state index contributed by atoms with van der Waals surface area (Å²) < 4.78 is 0. The molecule has 0 aromatic carbocycles. The van der Waals surface area contributed by atoms with Gasteiger partial charge >= 0.3 is 0 Å². The van der Waals surface area contributed by atoms with Gasteiger partial charge in [-0.05, 0) is 6.92 Å². The van der Waals surface area contributed by atoms with Gasteiger partial charge in [-0.2, -0.15) is 0 Å². The van der Waals surface area contributed by atoms with E-state index in [1.54, 1.807) is 7.05 Å². The van der Waals surface area contributed by atoms with Crippen molar-refractivity contribution in [2.45, 2.75) is 6.92 Å². The Hall–Kier alpha value is -0.860. The highest BCUT2D eigenvalue weighted by Gasteiger charge is 1.87. The summed E-state index contributed by atoms with van der Waals surface area (Å²) >= 11 is 0. The minimum atomic E-state index is 0.959. The maximum atomic E-state index is 3.99. The zero-order valence-corrected chi connectivity index (χ0v) is 6.42. The average Bonchev–Trinajstić information content (AvgIpc) is 1.82. The van der Waals surface area contributed by atoms with E-state index in [1.165, 1.54) is 6.34 Å². The van der Waals surface area contributed by atoms with Crippen LogP contribution in [0.1, 0.15) is 6.92 Å². The van der Waals surface area contributed by atoms with Gasteiger partial charge in [0.25, 0.3) is 0 Å². The van der Waals surface area contributed by atoms with Crippen LogP contribution in [0.5, 0.6) is 0 Å². The molecular formula is C6H13N3. The Morgan fingerprint density at radius 3 is 2.33 bits per heavy atom. The predicted octanol–water partition coefficient (Wildman–Crippen LogP) is 0.625. The molecule has 3 heteroatoms. The van der Waals surface area contributed by atoms with Crippen LogP contribution in [-0.2, 0) is 0 Å². The van der Waals surface area contributed by atoms with Crippen LogP contribution in [0.15, 0.2) is 9.98 Å². The molecule has 0 aliphatic heterocycles. The maximum Gasteiger partial charge on any atom is 0.111 e. The van der Waals surface area contributed by atoms with Gasteiger partial charge in [0.1, 0.15) is 12.2 Å². The third kappa shape index (κ3) is 3.70. The minimum Gasteiger partial charge on any atom is -0.366 e. The summed E-state index contributed by atoms with van der Waals surface area (Å²) in [5.41, 5.74) is 0. The van der Waals surface area contributed by atoms with E-state index in [9.17, 15) is 0 Å². The molecule has 0 aromatic rings. The fourth-order valence-electron chi connectivity index (χ4n) is 0.257. The average molecular weight is 127 g/mol. The molecule has 0 atom stereocenters. The monoisotopic (exact) mass is 127 g/mol. The molecular weight excluding hydrogens is 114 g/mol. The van der Waals surface area contributed by atoms with E-state index in [-0.39, 0.29) is 0 Å². The van der Waals surface area contributed by atoms with Crippen LogP contribution in [0.25, 0.3) is 0 Å².